The predicted molar refractivity (Wildman–Crippen MR) is 76.2 cm³/mol. The van der Waals surface area contributed by atoms with Crippen LogP contribution in [-0.2, 0) is 7.05 Å². The summed E-state index contributed by atoms with van der Waals surface area (Å²) in [6.45, 7) is 6.99. The van der Waals surface area contributed by atoms with E-state index in [1.165, 1.54) is 5.56 Å². The topological polar surface area (TPSA) is 47.1 Å². The quantitative estimate of drug-likeness (QED) is 0.903. The molecule has 2 N–H and O–H groups in total. The Labute approximate surface area is 108 Å². The Bertz CT molecular complexity index is 557. The molecule has 0 saturated carbocycles. The summed E-state index contributed by atoms with van der Waals surface area (Å²) in [6, 6.07) is 8.41. The average Bonchev–Trinajstić information content (AvgIpc) is 2.57. The lowest BCUT2D eigenvalue weighted by atomic mass is 10.2. The summed E-state index contributed by atoms with van der Waals surface area (Å²) in [7, 11) is 1.93. The first-order chi connectivity index (χ1) is 8.54. The summed E-state index contributed by atoms with van der Waals surface area (Å²) in [4.78, 5) is 2.18. The van der Waals surface area contributed by atoms with Crippen molar-refractivity contribution in [1.82, 2.24) is 9.78 Å². The third kappa shape index (κ3) is 2.06. The fraction of sp³-hybridized carbons (Fsp3) is 0.357. The number of anilines is 3. The van der Waals surface area contributed by atoms with Crippen molar-refractivity contribution in [1.29, 1.82) is 0 Å². The van der Waals surface area contributed by atoms with Crippen LogP contribution in [0, 0.1) is 13.8 Å². The van der Waals surface area contributed by atoms with Crippen LogP contribution in [0.5, 0.6) is 0 Å². The highest BCUT2D eigenvalue weighted by molar-refractivity contribution is 5.73. The molecule has 1 aromatic carbocycles. The molecule has 0 amide bonds. The Morgan fingerprint density at radius 1 is 1.33 bits per heavy atom. The van der Waals surface area contributed by atoms with E-state index in [1.54, 1.807) is 0 Å². The van der Waals surface area contributed by atoms with Crippen LogP contribution in [0.2, 0.25) is 0 Å². The molecular weight excluding hydrogens is 224 g/mol. The number of nitrogen functional groups attached to an aromatic ring is 1. The molecule has 96 valence electrons. The van der Waals surface area contributed by atoms with Crippen LogP contribution in [0.3, 0.4) is 0 Å². The van der Waals surface area contributed by atoms with Gasteiger partial charge in [-0.1, -0.05) is 12.1 Å². The SMILES string of the molecule is CCN(c1cccc(C)c1)c1c(N)c(C)nn1C. The van der Waals surface area contributed by atoms with Crippen molar-refractivity contribution in [2.24, 2.45) is 7.05 Å². The lowest BCUT2D eigenvalue weighted by molar-refractivity contribution is 0.742. The normalized spacial score (nSPS) is 10.7. The van der Waals surface area contributed by atoms with E-state index in [0.717, 1.165) is 29.4 Å². The molecule has 0 saturated heterocycles. The highest BCUT2D eigenvalue weighted by Gasteiger charge is 2.17. The number of hydrogen-bond donors (Lipinski definition) is 1. The van der Waals surface area contributed by atoms with E-state index in [4.69, 9.17) is 5.73 Å². The minimum atomic E-state index is 0.751. The summed E-state index contributed by atoms with van der Waals surface area (Å²) >= 11 is 0. The van der Waals surface area contributed by atoms with E-state index in [1.807, 2.05) is 18.7 Å². The van der Waals surface area contributed by atoms with Crippen LogP contribution in [0.25, 0.3) is 0 Å². The zero-order chi connectivity index (χ0) is 13.3. The smallest absolute Gasteiger partial charge is 0.154 e. The van der Waals surface area contributed by atoms with Crippen molar-refractivity contribution in [3.8, 4) is 0 Å². The van der Waals surface area contributed by atoms with Gasteiger partial charge in [-0.3, -0.25) is 4.68 Å². The van der Waals surface area contributed by atoms with Gasteiger partial charge in [-0.05, 0) is 38.5 Å². The molecule has 0 fully saturated rings. The molecule has 0 atom stereocenters. The zero-order valence-corrected chi connectivity index (χ0v) is 11.4. The number of nitrogens with two attached hydrogens (primary N) is 1. The first-order valence-corrected chi connectivity index (χ1v) is 6.18. The Hall–Kier alpha value is -1.97. The molecule has 2 aromatic rings. The van der Waals surface area contributed by atoms with Gasteiger partial charge in [0.1, 0.15) is 0 Å². The van der Waals surface area contributed by atoms with E-state index in [9.17, 15) is 0 Å². The molecule has 0 spiro atoms. The molecule has 4 nitrogen and oxygen atoms in total. The van der Waals surface area contributed by atoms with Crippen LogP contribution in [0.1, 0.15) is 18.2 Å². The minimum Gasteiger partial charge on any atom is -0.394 e. The zero-order valence-electron chi connectivity index (χ0n) is 11.4. The van der Waals surface area contributed by atoms with Crippen LogP contribution in [0.15, 0.2) is 24.3 Å². The van der Waals surface area contributed by atoms with Gasteiger partial charge in [0.15, 0.2) is 5.82 Å². The predicted octanol–water partition coefficient (Wildman–Crippen LogP) is 2.78. The molecule has 1 aromatic heterocycles. The Kier molecular flexibility index (Phi) is 3.28. The molecule has 1 heterocycles. The Morgan fingerprint density at radius 3 is 2.56 bits per heavy atom. The summed E-state index contributed by atoms with van der Waals surface area (Å²) in [5, 5.41) is 4.38. The maximum absolute atomic E-state index is 6.13. The lowest BCUT2D eigenvalue weighted by Crippen LogP contribution is -2.20. The van der Waals surface area contributed by atoms with Crippen molar-refractivity contribution in [3.05, 3.63) is 35.5 Å². The maximum atomic E-state index is 6.13. The number of rotatable bonds is 3. The minimum absolute atomic E-state index is 0.751. The second-order valence-corrected chi connectivity index (χ2v) is 4.53. The van der Waals surface area contributed by atoms with Gasteiger partial charge in [0.05, 0.1) is 11.4 Å². The van der Waals surface area contributed by atoms with Gasteiger partial charge in [-0.15, -0.1) is 0 Å². The second kappa shape index (κ2) is 4.72. The Balaban J connectivity index is 2.52. The van der Waals surface area contributed by atoms with Gasteiger partial charge in [-0.25, -0.2) is 0 Å². The highest BCUT2D eigenvalue weighted by Crippen LogP contribution is 2.31. The van der Waals surface area contributed by atoms with Crippen molar-refractivity contribution >= 4 is 17.2 Å². The molecule has 0 radical (unpaired) electrons. The van der Waals surface area contributed by atoms with Crippen LogP contribution in [-0.4, -0.2) is 16.3 Å². The second-order valence-electron chi connectivity index (χ2n) is 4.53. The van der Waals surface area contributed by atoms with Crippen molar-refractivity contribution in [3.63, 3.8) is 0 Å². The van der Waals surface area contributed by atoms with Crippen molar-refractivity contribution < 1.29 is 0 Å². The van der Waals surface area contributed by atoms with Gasteiger partial charge in [0.2, 0.25) is 0 Å². The van der Waals surface area contributed by atoms with Crippen LogP contribution < -0.4 is 10.6 Å². The summed E-state index contributed by atoms with van der Waals surface area (Å²) in [5.74, 6) is 0.959. The van der Waals surface area contributed by atoms with Crippen molar-refractivity contribution in [2.45, 2.75) is 20.8 Å². The largest absolute Gasteiger partial charge is 0.394 e. The maximum Gasteiger partial charge on any atom is 0.154 e. The summed E-state index contributed by atoms with van der Waals surface area (Å²) in [6.07, 6.45) is 0. The van der Waals surface area contributed by atoms with Gasteiger partial charge in [0.25, 0.3) is 0 Å². The summed E-state index contributed by atoms with van der Waals surface area (Å²) < 4.78 is 1.84. The number of benzene rings is 1. The van der Waals surface area contributed by atoms with Crippen molar-refractivity contribution in [2.75, 3.05) is 17.2 Å². The highest BCUT2D eigenvalue weighted by atomic mass is 15.4. The molecule has 0 bridgehead atoms. The molecule has 4 heteroatoms. The number of aryl methyl sites for hydroxylation is 3. The monoisotopic (exact) mass is 244 g/mol. The molecule has 0 aliphatic rings. The number of nitrogens with zero attached hydrogens (tertiary/aromatic N) is 3. The molecule has 0 aliphatic carbocycles. The van der Waals surface area contributed by atoms with Gasteiger partial charge < -0.3 is 10.6 Å². The molecule has 2 rings (SSSR count). The van der Waals surface area contributed by atoms with Gasteiger partial charge in [-0.2, -0.15) is 5.10 Å². The average molecular weight is 244 g/mol. The van der Waals surface area contributed by atoms with E-state index < -0.39 is 0 Å². The van der Waals surface area contributed by atoms with E-state index in [0.29, 0.717) is 0 Å². The number of aromatic nitrogens is 2. The number of hydrogen-bond acceptors (Lipinski definition) is 3. The first kappa shape index (κ1) is 12.5. The molecule has 18 heavy (non-hydrogen) atoms. The van der Waals surface area contributed by atoms with Crippen LogP contribution >= 0.6 is 0 Å². The third-order valence-electron chi connectivity index (χ3n) is 3.12. The van der Waals surface area contributed by atoms with E-state index in [2.05, 4.69) is 48.1 Å². The fourth-order valence-electron chi connectivity index (χ4n) is 2.23. The van der Waals surface area contributed by atoms with Crippen LogP contribution in [0.4, 0.5) is 17.2 Å². The molecule has 0 aliphatic heterocycles. The van der Waals surface area contributed by atoms with Gasteiger partial charge >= 0.3 is 0 Å². The van der Waals surface area contributed by atoms with E-state index in [-0.39, 0.29) is 0 Å². The molecular formula is C14H20N4. The van der Waals surface area contributed by atoms with E-state index >= 15 is 0 Å². The molecule has 0 unspecified atom stereocenters. The lowest BCUT2D eigenvalue weighted by Gasteiger charge is -2.24. The summed E-state index contributed by atoms with van der Waals surface area (Å²) in [5.41, 5.74) is 10.1. The first-order valence-electron chi connectivity index (χ1n) is 6.18. The van der Waals surface area contributed by atoms with Gasteiger partial charge in [0, 0.05) is 19.3 Å². The fourth-order valence-corrected chi connectivity index (χ4v) is 2.23. The standard InChI is InChI=1S/C14H20N4/c1-5-18(12-8-6-7-10(2)9-12)14-13(15)11(3)16-17(14)4/h6-9H,5,15H2,1-4H3. The Morgan fingerprint density at radius 2 is 2.06 bits per heavy atom. The third-order valence-corrected chi connectivity index (χ3v) is 3.12.